The van der Waals surface area contributed by atoms with Crippen molar-refractivity contribution in [2.75, 3.05) is 14.2 Å². The maximum atomic E-state index is 10.3. The molecule has 2 aromatic rings. The molecular formula is C12H14N2O3S. The fraction of sp³-hybridized carbons (Fsp3) is 0.333. The number of hydrogen-bond acceptors (Lipinski definition) is 6. The molecule has 1 aromatic carbocycles. The standard InChI is InChI=1S/C12H14N2O3S/c1-7-12(18-14-13-7)11(15)8-4-5-9(16-2)10(6-8)17-3/h4-6,11,15H,1-3H3. The summed E-state index contributed by atoms with van der Waals surface area (Å²) in [6.07, 6.45) is -0.746. The van der Waals surface area contributed by atoms with E-state index in [0.29, 0.717) is 11.5 Å². The molecule has 1 heterocycles. The van der Waals surface area contributed by atoms with Crippen molar-refractivity contribution in [3.63, 3.8) is 0 Å². The topological polar surface area (TPSA) is 64.5 Å². The maximum absolute atomic E-state index is 10.3. The van der Waals surface area contributed by atoms with Crippen molar-refractivity contribution in [2.45, 2.75) is 13.0 Å². The smallest absolute Gasteiger partial charge is 0.161 e. The number of rotatable bonds is 4. The Bertz CT molecular complexity index is 542. The SMILES string of the molecule is COc1ccc(C(O)c2snnc2C)cc1OC. The molecule has 1 atom stereocenters. The number of nitrogens with zero attached hydrogens (tertiary/aromatic N) is 2. The number of aliphatic hydroxyl groups is 1. The van der Waals surface area contributed by atoms with Gasteiger partial charge in [0.25, 0.3) is 0 Å². The van der Waals surface area contributed by atoms with Crippen molar-refractivity contribution in [3.8, 4) is 11.5 Å². The van der Waals surface area contributed by atoms with E-state index >= 15 is 0 Å². The highest BCUT2D eigenvalue weighted by atomic mass is 32.1. The predicted molar refractivity (Wildman–Crippen MR) is 68.3 cm³/mol. The lowest BCUT2D eigenvalue weighted by Gasteiger charge is -2.13. The van der Waals surface area contributed by atoms with Crippen LogP contribution in [0.4, 0.5) is 0 Å². The molecular weight excluding hydrogens is 252 g/mol. The van der Waals surface area contributed by atoms with Crippen molar-refractivity contribution >= 4 is 11.5 Å². The molecule has 0 radical (unpaired) electrons. The van der Waals surface area contributed by atoms with E-state index in [9.17, 15) is 5.11 Å². The van der Waals surface area contributed by atoms with Crippen LogP contribution in [0.1, 0.15) is 22.2 Å². The van der Waals surface area contributed by atoms with Gasteiger partial charge < -0.3 is 14.6 Å². The number of aromatic nitrogens is 2. The average Bonchev–Trinajstić information content (AvgIpc) is 2.83. The van der Waals surface area contributed by atoms with E-state index in [1.165, 1.54) is 11.5 Å². The van der Waals surface area contributed by atoms with E-state index in [2.05, 4.69) is 9.59 Å². The van der Waals surface area contributed by atoms with Crippen LogP contribution in [0.15, 0.2) is 18.2 Å². The largest absolute Gasteiger partial charge is 0.493 e. The molecule has 0 saturated heterocycles. The fourth-order valence-corrected chi connectivity index (χ4v) is 2.32. The Balaban J connectivity index is 2.37. The molecule has 2 rings (SSSR count). The number of aryl methyl sites for hydroxylation is 1. The van der Waals surface area contributed by atoms with Crippen molar-refractivity contribution in [1.29, 1.82) is 0 Å². The van der Waals surface area contributed by atoms with Gasteiger partial charge in [-0.25, -0.2) is 0 Å². The minimum atomic E-state index is -0.746. The van der Waals surface area contributed by atoms with Crippen molar-refractivity contribution in [2.24, 2.45) is 0 Å². The van der Waals surface area contributed by atoms with Crippen LogP contribution in [0.25, 0.3) is 0 Å². The lowest BCUT2D eigenvalue weighted by Crippen LogP contribution is -2.00. The number of benzene rings is 1. The molecule has 1 N–H and O–H groups in total. The molecule has 5 nitrogen and oxygen atoms in total. The van der Waals surface area contributed by atoms with Gasteiger partial charge in [-0.05, 0) is 36.2 Å². The highest BCUT2D eigenvalue weighted by molar-refractivity contribution is 7.05. The van der Waals surface area contributed by atoms with E-state index in [0.717, 1.165) is 16.1 Å². The fourth-order valence-electron chi connectivity index (χ4n) is 1.66. The predicted octanol–water partition coefficient (Wildman–Crippen LogP) is 1.95. The van der Waals surface area contributed by atoms with Crippen LogP contribution in [0.2, 0.25) is 0 Å². The van der Waals surface area contributed by atoms with E-state index < -0.39 is 6.10 Å². The highest BCUT2D eigenvalue weighted by Gasteiger charge is 2.18. The summed E-state index contributed by atoms with van der Waals surface area (Å²) in [7, 11) is 3.14. The number of aliphatic hydroxyl groups excluding tert-OH is 1. The molecule has 18 heavy (non-hydrogen) atoms. The van der Waals surface area contributed by atoms with Gasteiger partial charge in [-0.15, -0.1) is 5.10 Å². The Morgan fingerprint density at radius 3 is 2.50 bits per heavy atom. The third-order valence-electron chi connectivity index (χ3n) is 2.66. The van der Waals surface area contributed by atoms with Crippen LogP contribution < -0.4 is 9.47 Å². The van der Waals surface area contributed by atoms with Crippen LogP contribution in [0.3, 0.4) is 0 Å². The average molecular weight is 266 g/mol. The molecule has 96 valence electrons. The summed E-state index contributed by atoms with van der Waals surface area (Å²) < 4.78 is 14.2. The number of methoxy groups -OCH3 is 2. The summed E-state index contributed by atoms with van der Waals surface area (Å²) in [6, 6.07) is 5.31. The Hall–Kier alpha value is -1.66. The first-order valence-corrected chi connectivity index (χ1v) is 6.13. The molecule has 1 unspecified atom stereocenters. The van der Waals surface area contributed by atoms with Crippen LogP contribution in [-0.2, 0) is 0 Å². The molecule has 0 spiro atoms. The highest BCUT2D eigenvalue weighted by Crippen LogP contribution is 2.33. The van der Waals surface area contributed by atoms with Gasteiger partial charge in [0.1, 0.15) is 6.10 Å². The van der Waals surface area contributed by atoms with E-state index in [1.54, 1.807) is 32.4 Å². The summed E-state index contributed by atoms with van der Waals surface area (Å²) in [5.74, 6) is 1.22. The summed E-state index contributed by atoms with van der Waals surface area (Å²) in [4.78, 5) is 0.738. The molecule has 6 heteroatoms. The van der Waals surface area contributed by atoms with Crippen molar-refractivity contribution in [1.82, 2.24) is 9.59 Å². The summed E-state index contributed by atoms with van der Waals surface area (Å²) >= 11 is 1.19. The first kappa shape index (κ1) is 12.8. The Kier molecular flexibility index (Phi) is 3.78. The van der Waals surface area contributed by atoms with Gasteiger partial charge in [0.15, 0.2) is 11.5 Å². The summed E-state index contributed by atoms with van der Waals surface area (Å²) in [5.41, 5.74) is 1.46. The molecule has 0 saturated carbocycles. The van der Waals surface area contributed by atoms with Gasteiger partial charge in [-0.1, -0.05) is 10.6 Å². The van der Waals surface area contributed by atoms with Gasteiger partial charge in [0, 0.05) is 0 Å². The zero-order valence-electron chi connectivity index (χ0n) is 10.4. The Labute approximate surface area is 109 Å². The zero-order chi connectivity index (χ0) is 13.1. The van der Waals surface area contributed by atoms with Crippen molar-refractivity contribution in [3.05, 3.63) is 34.3 Å². The monoisotopic (exact) mass is 266 g/mol. The van der Waals surface area contributed by atoms with Crippen LogP contribution in [0.5, 0.6) is 11.5 Å². The minimum absolute atomic E-state index is 0.587. The minimum Gasteiger partial charge on any atom is -0.493 e. The van der Waals surface area contributed by atoms with E-state index in [4.69, 9.17) is 9.47 Å². The molecule has 1 aromatic heterocycles. The second-order valence-corrected chi connectivity index (χ2v) is 4.53. The third-order valence-corrected chi connectivity index (χ3v) is 3.54. The van der Waals surface area contributed by atoms with Gasteiger partial charge >= 0.3 is 0 Å². The lowest BCUT2D eigenvalue weighted by atomic mass is 10.1. The molecule has 0 aliphatic rings. The molecule has 0 amide bonds. The maximum Gasteiger partial charge on any atom is 0.161 e. The van der Waals surface area contributed by atoms with Gasteiger partial charge in [0.2, 0.25) is 0 Å². The lowest BCUT2D eigenvalue weighted by molar-refractivity contribution is 0.222. The summed E-state index contributed by atoms with van der Waals surface area (Å²) in [6.45, 7) is 1.82. The molecule has 0 bridgehead atoms. The van der Waals surface area contributed by atoms with Crippen LogP contribution in [-0.4, -0.2) is 28.9 Å². The molecule has 0 aliphatic heterocycles. The summed E-state index contributed by atoms with van der Waals surface area (Å²) in [5, 5.41) is 14.2. The normalized spacial score (nSPS) is 12.2. The molecule has 0 fully saturated rings. The first-order chi connectivity index (χ1) is 8.67. The van der Waals surface area contributed by atoms with Gasteiger partial charge in [-0.3, -0.25) is 0 Å². The van der Waals surface area contributed by atoms with Crippen molar-refractivity contribution < 1.29 is 14.6 Å². The number of ether oxygens (including phenoxy) is 2. The zero-order valence-corrected chi connectivity index (χ0v) is 11.2. The third kappa shape index (κ3) is 2.30. The quantitative estimate of drug-likeness (QED) is 0.916. The van der Waals surface area contributed by atoms with E-state index in [1.807, 2.05) is 6.92 Å². The van der Waals surface area contributed by atoms with Gasteiger partial charge in [0.05, 0.1) is 24.8 Å². The second kappa shape index (κ2) is 5.32. The molecule has 0 aliphatic carbocycles. The Morgan fingerprint density at radius 2 is 1.94 bits per heavy atom. The Morgan fingerprint density at radius 1 is 1.22 bits per heavy atom. The van der Waals surface area contributed by atoms with Crippen LogP contribution >= 0.6 is 11.5 Å². The van der Waals surface area contributed by atoms with E-state index in [-0.39, 0.29) is 0 Å². The first-order valence-electron chi connectivity index (χ1n) is 5.36. The van der Waals surface area contributed by atoms with Crippen LogP contribution in [0, 0.1) is 6.92 Å². The van der Waals surface area contributed by atoms with Gasteiger partial charge in [-0.2, -0.15) is 0 Å². The second-order valence-electron chi connectivity index (χ2n) is 3.74. The number of hydrogen-bond donors (Lipinski definition) is 1.